The molecule has 0 saturated heterocycles. The second kappa shape index (κ2) is 6.91. The molecular weight excluding hydrogens is 257 g/mol. The molecule has 0 unspecified atom stereocenters. The fraction of sp³-hybridized carbons (Fsp3) is 0.250. The van der Waals surface area contributed by atoms with Crippen molar-refractivity contribution in [3.63, 3.8) is 0 Å². The van der Waals surface area contributed by atoms with E-state index in [0.29, 0.717) is 23.6 Å². The summed E-state index contributed by atoms with van der Waals surface area (Å²) in [6.07, 6.45) is 0.864. The number of ether oxygens (including phenoxy) is 2. The summed E-state index contributed by atoms with van der Waals surface area (Å²) < 4.78 is 24.2. The number of hydrogen-bond acceptors (Lipinski definition) is 3. The molecule has 0 fully saturated rings. The summed E-state index contributed by atoms with van der Waals surface area (Å²) in [6, 6.07) is 12.3. The summed E-state index contributed by atoms with van der Waals surface area (Å²) >= 11 is 0. The van der Waals surface area contributed by atoms with Crippen molar-refractivity contribution in [2.75, 3.05) is 19.5 Å². The van der Waals surface area contributed by atoms with Gasteiger partial charge in [-0.1, -0.05) is 18.2 Å². The molecule has 0 saturated carbocycles. The molecule has 2 rings (SSSR count). The lowest BCUT2D eigenvalue weighted by Crippen LogP contribution is -2.00. The minimum absolute atomic E-state index is 0.184. The van der Waals surface area contributed by atoms with Gasteiger partial charge < -0.3 is 15.2 Å². The molecule has 0 aliphatic rings. The molecule has 0 atom stereocenters. The largest absolute Gasteiger partial charge is 0.489 e. The second-order valence-corrected chi connectivity index (χ2v) is 4.53. The van der Waals surface area contributed by atoms with E-state index in [9.17, 15) is 4.39 Å². The van der Waals surface area contributed by atoms with Crippen molar-refractivity contribution in [1.82, 2.24) is 0 Å². The highest BCUT2D eigenvalue weighted by atomic mass is 19.1. The van der Waals surface area contributed by atoms with Crippen LogP contribution < -0.4 is 10.5 Å². The van der Waals surface area contributed by atoms with Gasteiger partial charge in [-0.2, -0.15) is 0 Å². The van der Waals surface area contributed by atoms with Crippen molar-refractivity contribution >= 4 is 5.69 Å². The van der Waals surface area contributed by atoms with Crippen LogP contribution in [0.1, 0.15) is 11.1 Å². The summed E-state index contributed by atoms with van der Waals surface area (Å²) in [4.78, 5) is 0. The highest BCUT2D eigenvalue weighted by molar-refractivity contribution is 5.40. The number of nitrogens with two attached hydrogens (primary N) is 1. The fourth-order valence-electron chi connectivity index (χ4n) is 1.81. The first-order valence-corrected chi connectivity index (χ1v) is 6.43. The quantitative estimate of drug-likeness (QED) is 0.823. The van der Waals surface area contributed by atoms with Crippen LogP contribution in [0.5, 0.6) is 5.75 Å². The maximum atomic E-state index is 13.6. The Morgan fingerprint density at radius 1 is 1.10 bits per heavy atom. The zero-order valence-electron chi connectivity index (χ0n) is 11.4. The van der Waals surface area contributed by atoms with Crippen LogP contribution in [0.2, 0.25) is 0 Å². The Hall–Kier alpha value is -2.07. The minimum Gasteiger partial charge on any atom is -0.489 e. The second-order valence-electron chi connectivity index (χ2n) is 4.53. The lowest BCUT2D eigenvalue weighted by molar-refractivity contribution is 0.202. The van der Waals surface area contributed by atoms with Crippen LogP contribution in [0.4, 0.5) is 10.1 Å². The van der Waals surface area contributed by atoms with Crippen LogP contribution in [0.3, 0.4) is 0 Å². The molecule has 4 heteroatoms. The standard InChI is InChI=1S/C16H18FNO2/c1-19-9-8-12-2-6-15(7-3-12)20-11-13-4-5-14(18)10-16(13)17/h2-7,10H,8-9,11,18H2,1H3. The summed E-state index contributed by atoms with van der Waals surface area (Å²) in [5.74, 6) is 0.365. The van der Waals surface area contributed by atoms with Crippen molar-refractivity contribution < 1.29 is 13.9 Å². The zero-order valence-corrected chi connectivity index (χ0v) is 11.4. The van der Waals surface area contributed by atoms with Gasteiger partial charge in [-0.05, 0) is 36.2 Å². The number of hydrogen-bond donors (Lipinski definition) is 1. The van der Waals surface area contributed by atoms with Gasteiger partial charge in [-0.15, -0.1) is 0 Å². The molecule has 0 bridgehead atoms. The van der Waals surface area contributed by atoms with E-state index in [2.05, 4.69) is 0 Å². The number of rotatable bonds is 6. The predicted octanol–water partition coefficient (Wildman–Crippen LogP) is 3.18. The van der Waals surface area contributed by atoms with E-state index in [-0.39, 0.29) is 12.4 Å². The number of halogens is 1. The Kier molecular flexibility index (Phi) is 4.96. The normalized spacial score (nSPS) is 10.5. The monoisotopic (exact) mass is 275 g/mol. The first-order chi connectivity index (χ1) is 9.69. The van der Waals surface area contributed by atoms with Gasteiger partial charge in [0, 0.05) is 18.4 Å². The van der Waals surface area contributed by atoms with Crippen molar-refractivity contribution in [2.24, 2.45) is 0 Å². The first-order valence-electron chi connectivity index (χ1n) is 6.43. The highest BCUT2D eigenvalue weighted by Gasteiger charge is 2.03. The predicted molar refractivity (Wildman–Crippen MR) is 77.2 cm³/mol. The Morgan fingerprint density at radius 3 is 2.50 bits per heavy atom. The van der Waals surface area contributed by atoms with Gasteiger partial charge in [0.1, 0.15) is 18.2 Å². The van der Waals surface area contributed by atoms with Crippen LogP contribution >= 0.6 is 0 Å². The van der Waals surface area contributed by atoms with Crippen LogP contribution in [0.15, 0.2) is 42.5 Å². The fourth-order valence-corrected chi connectivity index (χ4v) is 1.81. The van der Waals surface area contributed by atoms with E-state index in [4.69, 9.17) is 15.2 Å². The lowest BCUT2D eigenvalue weighted by atomic mass is 10.1. The van der Waals surface area contributed by atoms with Crippen molar-refractivity contribution in [1.29, 1.82) is 0 Å². The molecule has 3 nitrogen and oxygen atoms in total. The van der Waals surface area contributed by atoms with E-state index in [1.807, 2.05) is 24.3 Å². The maximum Gasteiger partial charge on any atom is 0.131 e. The number of methoxy groups -OCH3 is 1. The third-order valence-electron chi connectivity index (χ3n) is 2.99. The summed E-state index contributed by atoms with van der Waals surface area (Å²) in [5, 5.41) is 0. The lowest BCUT2D eigenvalue weighted by Gasteiger charge is -2.08. The number of benzene rings is 2. The van der Waals surface area contributed by atoms with E-state index in [1.165, 1.54) is 11.6 Å². The van der Waals surface area contributed by atoms with E-state index in [1.54, 1.807) is 19.2 Å². The van der Waals surface area contributed by atoms with Crippen molar-refractivity contribution in [3.8, 4) is 5.75 Å². The molecule has 2 N–H and O–H groups in total. The molecule has 2 aromatic carbocycles. The highest BCUT2D eigenvalue weighted by Crippen LogP contribution is 2.17. The van der Waals surface area contributed by atoms with Gasteiger partial charge in [0.15, 0.2) is 0 Å². The van der Waals surface area contributed by atoms with Crippen LogP contribution in [0.25, 0.3) is 0 Å². The molecule has 2 aromatic rings. The molecule has 0 spiro atoms. The van der Waals surface area contributed by atoms with Gasteiger partial charge in [0.2, 0.25) is 0 Å². The minimum atomic E-state index is -0.346. The molecule has 0 aliphatic carbocycles. The van der Waals surface area contributed by atoms with Gasteiger partial charge in [0.25, 0.3) is 0 Å². The molecule has 106 valence electrons. The van der Waals surface area contributed by atoms with Crippen molar-refractivity contribution in [3.05, 3.63) is 59.4 Å². The molecule has 0 aliphatic heterocycles. The summed E-state index contributed by atoms with van der Waals surface area (Å²) in [6.45, 7) is 0.875. The Balaban J connectivity index is 1.93. The van der Waals surface area contributed by atoms with Gasteiger partial charge in [0.05, 0.1) is 6.61 Å². The smallest absolute Gasteiger partial charge is 0.131 e. The Morgan fingerprint density at radius 2 is 1.85 bits per heavy atom. The third-order valence-corrected chi connectivity index (χ3v) is 2.99. The zero-order chi connectivity index (χ0) is 14.4. The molecular formula is C16H18FNO2. The molecule has 0 heterocycles. The molecule has 0 aromatic heterocycles. The average Bonchev–Trinajstić information content (AvgIpc) is 2.45. The number of nitrogen functional groups attached to an aromatic ring is 1. The van der Waals surface area contributed by atoms with Gasteiger partial charge >= 0.3 is 0 Å². The maximum absolute atomic E-state index is 13.6. The van der Waals surface area contributed by atoms with Crippen molar-refractivity contribution in [2.45, 2.75) is 13.0 Å². The van der Waals surface area contributed by atoms with Gasteiger partial charge in [-0.25, -0.2) is 4.39 Å². The Bertz CT molecular complexity index is 555. The van der Waals surface area contributed by atoms with Crippen LogP contribution in [0, 0.1) is 5.82 Å². The van der Waals surface area contributed by atoms with E-state index in [0.717, 1.165) is 6.42 Å². The van der Waals surface area contributed by atoms with Crippen LogP contribution in [-0.2, 0) is 17.8 Å². The molecule has 20 heavy (non-hydrogen) atoms. The first kappa shape index (κ1) is 14.3. The Labute approximate surface area is 118 Å². The average molecular weight is 275 g/mol. The van der Waals surface area contributed by atoms with Crippen LogP contribution in [-0.4, -0.2) is 13.7 Å². The van der Waals surface area contributed by atoms with Gasteiger partial charge in [-0.3, -0.25) is 0 Å². The molecule has 0 amide bonds. The number of anilines is 1. The van der Waals surface area contributed by atoms with E-state index < -0.39 is 0 Å². The topological polar surface area (TPSA) is 44.5 Å². The summed E-state index contributed by atoms with van der Waals surface area (Å²) in [5.41, 5.74) is 7.58. The third kappa shape index (κ3) is 3.96. The van der Waals surface area contributed by atoms with E-state index >= 15 is 0 Å². The SMILES string of the molecule is COCCc1ccc(OCc2ccc(N)cc2F)cc1. The molecule has 0 radical (unpaired) electrons. The summed E-state index contributed by atoms with van der Waals surface area (Å²) in [7, 11) is 1.68.